The number of hydrogen-bond donors (Lipinski definition) is 2. The van der Waals surface area contributed by atoms with Gasteiger partial charge in [0, 0.05) is 19.1 Å². The number of benzene rings is 1. The number of rotatable bonds is 4. The maximum Gasteiger partial charge on any atom is 0.417 e. The fraction of sp³-hybridized carbons (Fsp3) is 0.500. The molecule has 1 fully saturated rings. The van der Waals surface area contributed by atoms with Gasteiger partial charge in [0.15, 0.2) is 0 Å². The van der Waals surface area contributed by atoms with Crippen molar-refractivity contribution < 1.29 is 22.8 Å². The molecular formula is C16H20F3N3O2. The molecule has 1 saturated heterocycles. The lowest BCUT2D eigenvalue weighted by Crippen LogP contribution is -2.50. The molecule has 1 aromatic carbocycles. The van der Waals surface area contributed by atoms with Crippen molar-refractivity contribution in [3.05, 3.63) is 35.4 Å². The Balaban J connectivity index is 2.02. The van der Waals surface area contributed by atoms with Crippen LogP contribution in [0.1, 0.15) is 35.2 Å². The monoisotopic (exact) mass is 343 g/mol. The summed E-state index contributed by atoms with van der Waals surface area (Å²) in [6.07, 6.45) is -1.99. The predicted octanol–water partition coefficient (Wildman–Crippen LogP) is 1.78. The molecule has 3 N–H and O–H groups in total. The van der Waals surface area contributed by atoms with E-state index in [1.165, 1.54) is 12.1 Å². The highest BCUT2D eigenvalue weighted by Crippen LogP contribution is 2.31. The lowest BCUT2D eigenvalue weighted by molar-refractivity contribution is -0.138. The van der Waals surface area contributed by atoms with Crippen molar-refractivity contribution in [2.75, 3.05) is 19.6 Å². The van der Waals surface area contributed by atoms with Crippen molar-refractivity contribution in [2.24, 2.45) is 5.73 Å². The summed E-state index contributed by atoms with van der Waals surface area (Å²) >= 11 is 0. The smallest absolute Gasteiger partial charge is 0.343 e. The fourth-order valence-corrected chi connectivity index (χ4v) is 2.85. The zero-order valence-electron chi connectivity index (χ0n) is 13.1. The number of nitrogens with two attached hydrogens (primary N) is 1. The highest BCUT2D eigenvalue weighted by Gasteiger charge is 2.35. The predicted molar refractivity (Wildman–Crippen MR) is 82.2 cm³/mol. The molecule has 5 nitrogen and oxygen atoms in total. The lowest BCUT2D eigenvalue weighted by Gasteiger charge is -2.35. The van der Waals surface area contributed by atoms with Crippen LogP contribution >= 0.6 is 0 Å². The zero-order chi connectivity index (χ0) is 17.7. The molecule has 0 bridgehead atoms. The molecule has 1 unspecified atom stereocenters. The number of likely N-dealkylation sites (tertiary alicyclic amines) is 1. The average Bonchev–Trinajstić information content (AvgIpc) is 2.58. The molecule has 1 aliphatic rings. The molecule has 1 aliphatic heterocycles. The minimum atomic E-state index is -4.63. The van der Waals surface area contributed by atoms with Gasteiger partial charge in [0.2, 0.25) is 5.91 Å². The molecule has 0 aliphatic carbocycles. The summed E-state index contributed by atoms with van der Waals surface area (Å²) in [6, 6.07) is 4.41. The van der Waals surface area contributed by atoms with Crippen LogP contribution in [0.25, 0.3) is 0 Å². The number of hydrogen-bond acceptors (Lipinski definition) is 3. The lowest BCUT2D eigenvalue weighted by atomic mass is 10.0. The van der Waals surface area contributed by atoms with Gasteiger partial charge in [0.1, 0.15) is 0 Å². The van der Waals surface area contributed by atoms with Crippen molar-refractivity contribution in [1.82, 2.24) is 10.2 Å². The first-order valence-corrected chi connectivity index (χ1v) is 7.78. The van der Waals surface area contributed by atoms with Gasteiger partial charge in [0.25, 0.3) is 5.91 Å². The molecule has 8 heteroatoms. The molecule has 24 heavy (non-hydrogen) atoms. The molecule has 2 rings (SSSR count). The Morgan fingerprint density at radius 2 is 1.96 bits per heavy atom. The van der Waals surface area contributed by atoms with Crippen LogP contribution < -0.4 is 11.1 Å². The molecule has 0 spiro atoms. The third-order valence-corrected chi connectivity index (χ3v) is 4.10. The van der Waals surface area contributed by atoms with Crippen LogP contribution in [0, 0.1) is 0 Å². The minimum absolute atomic E-state index is 0.0781. The van der Waals surface area contributed by atoms with Gasteiger partial charge >= 0.3 is 6.18 Å². The van der Waals surface area contributed by atoms with Crippen molar-refractivity contribution in [2.45, 2.75) is 31.5 Å². The number of carbonyl (C=O) groups is 2. The number of halogens is 3. The maximum atomic E-state index is 12.9. The largest absolute Gasteiger partial charge is 0.417 e. The summed E-state index contributed by atoms with van der Waals surface area (Å²) in [7, 11) is 0. The molecule has 0 saturated carbocycles. The van der Waals surface area contributed by atoms with Crippen LogP contribution in [0.2, 0.25) is 0 Å². The Bertz CT molecular complexity index is 604. The van der Waals surface area contributed by atoms with E-state index in [0.29, 0.717) is 13.1 Å². The van der Waals surface area contributed by atoms with Gasteiger partial charge in [-0.25, -0.2) is 0 Å². The Morgan fingerprint density at radius 3 is 2.62 bits per heavy atom. The van der Waals surface area contributed by atoms with Gasteiger partial charge in [0.05, 0.1) is 17.7 Å². The van der Waals surface area contributed by atoms with Gasteiger partial charge in [-0.3, -0.25) is 9.59 Å². The molecule has 0 aromatic heterocycles. The van der Waals surface area contributed by atoms with Crippen LogP contribution in [0.3, 0.4) is 0 Å². The molecule has 2 amide bonds. The number of nitrogens with one attached hydrogen (secondary N) is 1. The summed E-state index contributed by atoms with van der Waals surface area (Å²) in [5, 5.41) is 2.28. The van der Waals surface area contributed by atoms with E-state index >= 15 is 0 Å². The second kappa shape index (κ2) is 7.65. The first-order valence-electron chi connectivity index (χ1n) is 7.78. The van der Waals surface area contributed by atoms with Gasteiger partial charge in [-0.15, -0.1) is 0 Å². The van der Waals surface area contributed by atoms with Crippen LogP contribution in [0.5, 0.6) is 0 Å². The molecule has 0 radical (unpaired) electrons. The number of carbonyl (C=O) groups excluding carboxylic acids is 2. The molecule has 132 valence electrons. The Labute approximate surface area is 138 Å². The molecule has 1 heterocycles. The van der Waals surface area contributed by atoms with E-state index in [2.05, 4.69) is 5.32 Å². The summed E-state index contributed by atoms with van der Waals surface area (Å²) in [6.45, 7) is 0.536. The second-order valence-electron chi connectivity index (χ2n) is 5.70. The first-order chi connectivity index (χ1) is 11.3. The fourth-order valence-electron chi connectivity index (χ4n) is 2.85. The molecule has 1 aromatic rings. The first kappa shape index (κ1) is 18.3. The van der Waals surface area contributed by atoms with Crippen LogP contribution in [0.15, 0.2) is 24.3 Å². The second-order valence-corrected chi connectivity index (χ2v) is 5.70. The van der Waals surface area contributed by atoms with Gasteiger partial charge in [-0.05, 0) is 31.4 Å². The number of nitrogens with zero attached hydrogens (tertiary/aromatic N) is 1. The van der Waals surface area contributed by atoms with Crippen molar-refractivity contribution in [1.29, 1.82) is 0 Å². The minimum Gasteiger partial charge on any atom is -0.343 e. The van der Waals surface area contributed by atoms with E-state index in [9.17, 15) is 22.8 Å². The summed E-state index contributed by atoms with van der Waals surface area (Å²) in [4.78, 5) is 25.9. The van der Waals surface area contributed by atoms with E-state index in [0.717, 1.165) is 31.4 Å². The Hall–Kier alpha value is -2.09. The highest BCUT2D eigenvalue weighted by molar-refractivity contribution is 5.97. The normalized spacial score (nSPS) is 18.3. The SMILES string of the molecule is NCC1CCCCN1C(=O)CNC(=O)c1ccccc1C(F)(F)F. The standard InChI is InChI=1S/C16H20F3N3O2/c17-16(18,19)13-7-2-1-6-12(13)15(24)21-10-14(23)22-8-4-3-5-11(22)9-20/h1-2,6-7,11H,3-5,8-10,20H2,(H,21,24). The summed E-state index contributed by atoms with van der Waals surface area (Å²) in [5.74, 6) is -1.25. The van der Waals surface area contributed by atoms with Crippen molar-refractivity contribution in [3.8, 4) is 0 Å². The molecular weight excluding hydrogens is 323 g/mol. The van der Waals surface area contributed by atoms with Crippen LogP contribution in [-0.2, 0) is 11.0 Å². The molecule has 1 atom stereocenters. The quantitative estimate of drug-likeness (QED) is 0.875. The van der Waals surface area contributed by atoms with Gasteiger partial charge in [-0.1, -0.05) is 12.1 Å². The summed E-state index contributed by atoms with van der Waals surface area (Å²) in [5.41, 5.74) is 4.13. The van der Waals surface area contributed by atoms with E-state index in [4.69, 9.17) is 5.73 Å². The van der Waals surface area contributed by atoms with E-state index in [1.807, 2.05) is 0 Å². The number of alkyl halides is 3. The van der Waals surface area contributed by atoms with Crippen molar-refractivity contribution >= 4 is 11.8 Å². The maximum absolute atomic E-state index is 12.9. The highest BCUT2D eigenvalue weighted by atomic mass is 19.4. The van der Waals surface area contributed by atoms with Gasteiger partial charge < -0.3 is 16.0 Å². The van der Waals surface area contributed by atoms with Gasteiger partial charge in [-0.2, -0.15) is 13.2 Å². The van der Waals surface area contributed by atoms with E-state index in [1.54, 1.807) is 4.90 Å². The van der Waals surface area contributed by atoms with Crippen LogP contribution in [0.4, 0.5) is 13.2 Å². The topological polar surface area (TPSA) is 75.4 Å². The third-order valence-electron chi connectivity index (χ3n) is 4.10. The Kier molecular flexibility index (Phi) is 5.82. The van der Waals surface area contributed by atoms with Crippen LogP contribution in [-0.4, -0.2) is 42.4 Å². The van der Waals surface area contributed by atoms with E-state index < -0.39 is 23.2 Å². The number of amides is 2. The Morgan fingerprint density at radius 1 is 1.25 bits per heavy atom. The van der Waals surface area contributed by atoms with E-state index in [-0.39, 0.29) is 18.5 Å². The number of piperidine rings is 1. The zero-order valence-corrected chi connectivity index (χ0v) is 13.1. The summed E-state index contributed by atoms with van der Waals surface area (Å²) < 4.78 is 38.8. The van der Waals surface area contributed by atoms with Crippen molar-refractivity contribution in [3.63, 3.8) is 0 Å². The average molecular weight is 343 g/mol. The third kappa shape index (κ3) is 4.25.